The highest BCUT2D eigenvalue weighted by Gasteiger charge is 2.30. The maximum Gasteiger partial charge on any atom is 0.329 e. The summed E-state index contributed by atoms with van der Waals surface area (Å²) in [6.45, 7) is 1.13. The van der Waals surface area contributed by atoms with Crippen molar-refractivity contribution in [3.63, 3.8) is 0 Å². The van der Waals surface area contributed by atoms with Crippen LogP contribution < -0.4 is 21.3 Å². The minimum Gasteiger partial charge on any atom is -0.468 e. The van der Waals surface area contributed by atoms with Gasteiger partial charge in [-0.2, -0.15) is 0 Å². The van der Waals surface area contributed by atoms with E-state index in [0.717, 1.165) is 16.9 Å². The van der Waals surface area contributed by atoms with Gasteiger partial charge in [-0.1, -0.05) is 12.1 Å². The number of nitrogens with two attached hydrogens (primary N) is 2. The minimum atomic E-state index is -0.710. The fraction of sp³-hybridized carbons (Fsp3) is 0.250. The topological polar surface area (TPSA) is 126 Å². The minimum absolute atomic E-state index is 0.00654. The molecular formula is C20H23N5O3. The summed E-state index contributed by atoms with van der Waals surface area (Å²) in [6.07, 6.45) is 0.371. The quantitative estimate of drug-likeness (QED) is 0.397. The summed E-state index contributed by atoms with van der Waals surface area (Å²) in [6, 6.07) is 13.6. The predicted molar refractivity (Wildman–Crippen MR) is 108 cm³/mol. The number of nitrogens with one attached hydrogen (secondary N) is 1. The maximum absolute atomic E-state index is 12.8. The molecule has 0 spiro atoms. The fourth-order valence-corrected chi connectivity index (χ4v) is 3.14. The Bertz CT molecular complexity index is 880. The number of nitrogens with zero attached hydrogens (tertiary/aromatic N) is 2. The Labute approximate surface area is 163 Å². The normalized spacial score (nSPS) is 14.9. The lowest BCUT2D eigenvalue weighted by molar-refractivity contribution is -0.142. The molecule has 1 saturated heterocycles. The van der Waals surface area contributed by atoms with Gasteiger partial charge in [-0.25, -0.2) is 4.79 Å². The predicted octanol–water partition coefficient (Wildman–Crippen LogP) is 1.46. The summed E-state index contributed by atoms with van der Waals surface area (Å²) >= 11 is 0. The Morgan fingerprint density at radius 2 is 1.57 bits per heavy atom. The number of nitrogen functional groups attached to an aromatic ring is 1. The molecular weight excluding hydrogens is 358 g/mol. The molecule has 1 heterocycles. The highest BCUT2D eigenvalue weighted by molar-refractivity contribution is 6.06. The van der Waals surface area contributed by atoms with Crippen molar-refractivity contribution in [1.29, 1.82) is 5.41 Å². The Hall–Kier alpha value is -3.39. The zero-order valence-corrected chi connectivity index (χ0v) is 15.6. The van der Waals surface area contributed by atoms with E-state index in [4.69, 9.17) is 16.9 Å². The maximum atomic E-state index is 12.8. The van der Waals surface area contributed by atoms with E-state index in [1.165, 1.54) is 7.11 Å². The molecule has 5 N–H and O–H groups in total. The van der Waals surface area contributed by atoms with Crippen LogP contribution in [0.25, 0.3) is 0 Å². The zero-order chi connectivity index (χ0) is 20.3. The first-order valence-corrected chi connectivity index (χ1v) is 8.86. The summed E-state index contributed by atoms with van der Waals surface area (Å²) in [7, 11) is 1.31. The number of benzene rings is 2. The number of amidine groups is 1. The summed E-state index contributed by atoms with van der Waals surface area (Å²) in [5.74, 6) is -0.460. The largest absolute Gasteiger partial charge is 0.468 e. The molecule has 2 aromatic rings. The van der Waals surface area contributed by atoms with Gasteiger partial charge in [-0.05, 0) is 48.4 Å². The van der Waals surface area contributed by atoms with Gasteiger partial charge >= 0.3 is 12.0 Å². The van der Waals surface area contributed by atoms with E-state index in [1.54, 1.807) is 34.1 Å². The van der Waals surface area contributed by atoms with Crippen molar-refractivity contribution in [2.75, 3.05) is 30.0 Å². The third kappa shape index (κ3) is 3.96. The van der Waals surface area contributed by atoms with E-state index >= 15 is 0 Å². The van der Waals surface area contributed by atoms with Gasteiger partial charge in [0.2, 0.25) is 0 Å². The number of carbonyl (C=O) groups excluding carboxylic acids is 2. The van der Waals surface area contributed by atoms with E-state index in [0.29, 0.717) is 25.1 Å². The van der Waals surface area contributed by atoms with Crippen molar-refractivity contribution >= 4 is 29.2 Å². The van der Waals surface area contributed by atoms with Crippen LogP contribution in [0.2, 0.25) is 0 Å². The number of carbonyl (C=O) groups is 2. The van der Waals surface area contributed by atoms with Crippen LogP contribution in [0.3, 0.4) is 0 Å². The van der Waals surface area contributed by atoms with E-state index in [1.807, 2.05) is 24.3 Å². The third-order valence-corrected chi connectivity index (χ3v) is 4.71. The molecule has 1 aliphatic rings. The second-order valence-electron chi connectivity index (χ2n) is 6.55. The van der Waals surface area contributed by atoms with Gasteiger partial charge in [-0.15, -0.1) is 0 Å². The number of ether oxygens (including phenoxy) is 1. The zero-order valence-electron chi connectivity index (χ0n) is 15.6. The third-order valence-electron chi connectivity index (χ3n) is 4.71. The number of urea groups is 1. The first kappa shape index (κ1) is 19.4. The SMILES string of the molecule is COC(=O)C(N)Cc1ccc(N2CCN(c3ccc(C(=N)N)cc3)C2=O)cc1. The molecule has 2 aromatic carbocycles. The van der Waals surface area contributed by atoms with E-state index in [9.17, 15) is 9.59 Å². The van der Waals surface area contributed by atoms with Crippen LogP contribution in [0.4, 0.5) is 16.2 Å². The number of amides is 2. The molecule has 28 heavy (non-hydrogen) atoms. The monoisotopic (exact) mass is 381 g/mol. The number of hydrogen-bond acceptors (Lipinski definition) is 5. The van der Waals surface area contributed by atoms with E-state index in [-0.39, 0.29) is 11.9 Å². The summed E-state index contributed by atoms with van der Waals surface area (Å²) in [5, 5.41) is 7.45. The number of esters is 1. The summed E-state index contributed by atoms with van der Waals surface area (Å²) in [5.41, 5.74) is 14.3. The number of methoxy groups -OCH3 is 1. The van der Waals surface area contributed by atoms with Crippen molar-refractivity contribution in [2.45, 2.75) is 12.5 Å². The molecule has 0 saturated carbocycles. The molecule has 2 amide bonds. The molecule has 3 rings (SSSR count). The molecule has 0 aliphatic carbocycles. The summed E-state index contributed by atoms with van der Waals surface area (Å²) < 4.78 is 4.64. The summed E-state index contributed by atoms with van der Waals surface area (Å²) in [4.78, 5) is 27.6. The van der Waals surface area contributed by atoms with Crippen LogP contribution >= 0.6 is 0 Å². The molecule has 146 valence electrons. The number of hydrogen-bond donors (Lipinski definition) is 3. The first-order chi connectivity index (χ1) is 13.4. The highest BCUT2D eigenvalue weighted by atomic mass is 16.5. The van der Waals surface area contributed by atoms with E-state index in [2.05, 4.69) is 4.74 Å². The van der Waals surface area contributed by atoms with Gasteiger partial charge in [0.05, 0.1) is 7.11 Å². The van der Waals surface area contributed by atoms with E-state index < -0.39 is 12.0 Å². The lowest BCUT2D eigenvalue weighted by atomic mass is 10.1. The molecule has 0 bridgehead atoms. The van der Waals surface area contributed by atoms with Gasteiger partial charge in [-0.3, -0.25) is 20.0 Å². The molecule has 8 nitrogen and oxygen atoms in total. The van der Waals surface area contributed by atoms with Crippen molar-refractivity contribution in [3.05, 3.63) is 59.7 Å². The van der Waals surface area contributed by atoms with Gasteiger partial charge in [0.25, 0.3) is 0 Å². The van der Waals surface area contributed by atoms with Crippen molar-refractivity contribution in [2.24, 2.45) is 11.5 Å². The molecule has 1 fully saturated rings. The van der Waals surface area contributed by atoms with Crippen molar-refractivity contribution in [1.82, 2.24) is 0 Å². The van der Waals surface area contributed by atoms with Gasteiger partial charge in [0.15, 0.2) is 0 Å². The van der Waals surface area contributed by atoms with Crippen LogP contribution in [0, 0.1) is 5.41 Å². The van der Waals surface area contributed by atoms with Crippen molar-refractivity contribution < 1.29 is 14.3 Å². The average molecular weight is 381 g/mol. The van der Waals surface area contributed by atoms with Gasteiger partial charge < -0.3 is 16.2 Å². The molecule has 1 unspecified atom stereocenters. The van der Waals surface area contributed by atoms with Gasteiger partial charge in [0.1, 0.15) is 11.9 Å². The van der Waals surface area contributed by atoms with Crippen LogP contribution in [-0.2, 0) is 16.0 Å². The smallest absolute Gasteiger partial charge is 0.329 e. The fourth-order valence-electron chi connectivity index (χ4n) is 3.14. The molecule has 0 aromatic heterocycles. The Balaban J connectivity index is 1.69. The molecule has 1 aliphatic heterocycles. The lowest BCUT2D eigenvalue weighted by Crippen LogP contribution is -2.33. The van der Waals surface area contributed by atoms with Crippen LogP contribution in [0.15, 0.2) is 48.5 Å². The first-order valence-electron chi connectivity index (χ1n) is 8.86. The van der Waals surface area contributed by atoms with Crippen LogP contribution in [-0.4, -0.2) is 44.1 Å². The van der Waals surface area contributed by atoms with Crippen molar-refractivity contribution in [3.8, 4) is 0 Å². The standard InChI is InChI=1S/C20H23N5O3/c1-28-19(26)17(21)12-13-2-6-15(7-3-13)24-10-11-25(20(24)27)16-8-4-14(5-9-16)18(22)23/h2-9,17H,10-12,21H2,1H3,(H3,22,23). The Morgan fingerprint density at radius 3 is 2.04 bits per heavy atom. The molecule has 1 atom stereocenters. The second-order valence-corrected chi connectivity index (χ2v) is 6.55. The number of rotatable bonds is 6. The lowest BCUT2D eigenvalue weighted by Gasteiger charge is -2.19. The van der Waals surface area contributed by atoms with Gasteiger partial charge in [0, 0.05) is 30.0 Å². The Morgan fingerprint density at radius 1 is 1.07 bits per heavy atom. The highest BCUT2D eigenvalue weighted by Crippen LogP contribution is 2.26. The van der Waals surface area contributed by atoms with Crippen LogP contribution in [0.1, 0.15) is 11.1 Å². The Kier molecular flexibility index (Phi) is 5.60. The molecule has 0 radical (unpaired) electrons. The average Bonchev–Trinajstić information content (AvgIpc) is 3.09. The second kappa shape index (κ2) is 8.10. The van der Waals surface area contributed by atoms with Crippen LogP contribution in [0.5, 0.6) is 0 Å². The molecule has 8 heteroatoms. The number of anilines is 2.